The number of carboxylic acid groups (broad SMARTS) is 1. The van der Waals surface area contributed by atoms with Gasteiger partial charge in [0, 0.05) is 11.1 Å². The quantitative estimate of drug-likeness (QED) is 0.130. The first-order chi connectivity index (χ1) is 16.8. The number of phenols is 2. The summed E-state index contributed by atoms with van der Waals surface area (Å²) in [6.07, 6.45) is 0. The zero-order valence-corrected chi connectivity index (χ0v) is 18.8. The molecule has 9 nitrogen and oxygen atoms in total. The van der Waals surface area contributed by atoms with Crippen LogP contribution in [0.15, 0.2) is 78.0 Å². The number of methoxy groups -OCH3 is 1. The number of fused-ring (bicyclic) bond motifs is 2. The molecular weight excluding hydrogens is 454 g/mol. The van der Waals surface area contributed by atoms with Crippen LogP contribution in [0.25, 0.3) is 21.5 Å². The first-order valence-electron chi connectivity index (χ1n) is 10.2. The van der Waals surface area contributed by atoms with Crippen molar-refractivity contribution in [1.29, 1.82) is 0 Å². The Morgan fingerprint density at radius 3 is 1.74 bits per heavy atom. The maximum atomic E-state index is 11.7. The zero-order valence-electron chi connectivity index (χ0n) is 18.8. The number of ether oxygens (including phenoxy) is 1. The number of oxime groups is 1. The summed E-state index contributed by atoms with van der Waals surface area (Å²) in [4.78, 5) is 38.6. The molecule has 35 heavy (non-hydrogen) atoms. The third-order valence-electron chi connectivity index (χ3n) is 4.99. The second-order valence-electron chi connectivity index (χ2n) is 7.17. The fourth-order valence-corrected chi connectivity index (χ4v) is 3.42. The number of rotatable bonds is 5. The van der Waals surface area contributed by atoms with E-state index in [2.05, 4.69) is 14.7 Å². The van der Waals surface area contributed by atoms with E-state index in [-0.39, 0.29) is 22.8 Å². The number of aromatic hydroxyl groups is 2. The number of carbonyl (C=O) groups excluding carboxylic acids is 2. The van der Waals surface area contributed by atoms with Gasteiger partial charge in [-0.3, -0.25) is 4.79 Å². The van der Waals surface area contributed by atoms with Gasteiger partial charge in [-0.1, -0.05) is 53.7 Å². The van der Waals surface area contributed by atoms with Crippen LogP contribution < -0.4 is 0 Å². The van der Waals surface area contributed by atoms with E-state index in [1.807, 2.05) is 6.07 Å². The number of aliphatic carboxylic acids is 1. The van der Waals surface area contributed by atoms with Crippen molar-refractivity contribution in [1.82, 2.24) is 0 Å². The minimum absolute atomic E-state index is 0.0441. The average molecular weight is 475 g/mol. The van der Waals surface area contributed by atoms with Gasteiger partial charge in [-0.25, -0.2) is 9.59 Å². The summed E-state index contributed by atoms with van der Waals surface area (Å²) >= 11 is 0. The molecule has 0 unspecified atom stereocenters. The predicted molar refractivity (Wildman–Crippen MR) is 129 cm³/mol. The lowest BCUT2D eigenvalue weighted by molar-refractivity contribution is -0.135. The lowest BCUT2D eigenvalue weighted by atomic mass is 10.0. The van der Waals surface area contributed by atoms with E-state index in [0.29, 0.717) is 16.3 Å². The Hall–Kier alpha value is -4.92. The van der Waals surface area contributed by atoms with Crippen molar-refractivity contribution in [2.45, 2.75) is 0 Å². The summed E-state index contributed by atoms with van der Waals surface area (Å²) in [5.41, 5.74) is 0.428. The van der Waals surface area contributed by atoms with Gasteiger partial charge in [-0.05, 0) is 45.8 Å². The lowest BCUT2D eigenvalue weighted by Crippen LogP contribution is -2.15. The molecule has 0 saturated carbocycles. The Balaban J connectivity index is 0.000000196. The molecule has 0 amide bonds. The van der Waals surface area contributed by atoms with Gasteiger partial charge in [0.15, 0.2) is 5.71 Å². The largest absolute Gasteiger partial charge is 0.508 e. The van der Waals surface area contributed by atoms with Crippen LogP contribution in [0.5, 0.6) is 11.5 Å². The van der Waals surface area contributed by atoms with Gasteiger partial charge in [0.2, 0.25) is 0 Å². The number of hydrogen-bond donors (Lipinski definition) is 3. The molecule has 4 rings (SSSR count). The fraction of sp³-hybridized carbons (Fsp3) is 0.0769. The number of esters is 1. The number of carboxylic acids is 1. The summed E-state index contributed by atoms with van der Waals surface area (Å²) in [5.74, 6) is -2.71. The Kier molecular flexibility index (Phi) is 7.63. The normalized spacial score (nSPS) is 10.9. The lowest BCUT2D eigenvalue weighted by Gasteiger charge is -2.06. The SMILES string of the molecule is CO/N=C(/C(=O)O)c1cccc2ccc(O)cc12.COC(=O)C(=O)c1cccc2ccc(O)cc12. The molecule has 0 saturated heterocycles. The van der Waals surface area contributed by atoms with Gasteiger partial charge < -0.3 is 24.9 Å². The van der Waals surface area contributed by atoms with E-state index in [4.69, 9.17) is 5.11 Å². The van der Waals surface area contributed by atoms with E-state index in [0.717, 1.165) is 17.9 Å². The van der Waals surface area contributed by atoms with Crippen LogP contribution >= 0.6 is 0 Å². The molecule has 0 aromatic heterocycles. The molecule has 3 N–H and O–H groups in total. The average Bonchev–Trinajstić information content (AvgIpc) is 2.86. The van der Waals surface area contributed by atoms with Gasteiger partial charge >= 0.3 is 11.9 Å². The van der Waals surface area contributed by atoms with Crippen molar-refractivity contribution in [3.8, 4) is 11.5 Å². The molecule has 0 heterocycles. The van der Waals surface area contributed by atoms with Crippen molar-refractivity contribution in [2.24, 2.45) is 5.16 Å². The number of phenolic OH excluding ortho intramolecular Hbond substituents is 2. The van der Waals surface area contributed by atoms with Crippen molar-refractivity contribution >= 4 is 45.0 Å². The Morgan fingerprint density at radius 2 is 1.26 bits per heavy atom. The van der Waals surface area contributed by atoms with Gasteiger partial charge in [-0.15, -0.1) is 0 Å². The molecule has 178 valence electrons. The highest BCUT2D eigenvalue weighted by Gasteiger charge is 2.19. The van der Waals surface area contributed by atoms with Crippen LogP contribution in [0.1, 0.15) is 15.9 Å². The summed E-state index contributed by atoms with van der Waals surface area (Å²) < 4.78 is 4.39. The second-order valence-corrected chi connectivity index (χ2v) is 7.17. The number of ketones is 1. The molecule has 0 radical (unpaired) electrons. The maximum absolute atomic E-state index is 11.7. The first-order valence-corrected chi connectivity index (χ1v) is 10.2. The van der Waals surface area contributed by atoms with Crippen LogP contribution in [0.4, 0.5) is 0 Å². The summed E-state index contributed by atoms with van der Waals surface area (Å²) in [5, 5.41) is 34.2. The third kappa shape index (κ3) is 5.53. The number of hydrogen-bond acceptors (Lipinski definition) is 8. The topological polar surface area (TPSA) is 143 Å². The van der Waals surface area contributed by atoms with Crippen LogP contribution in [0, 0.1) is 0 Å². The van der Waals surface area contributed by atoms with Crippen molar-refractivity contribution in [3.63, 3.8) is 0 Å². The van der Waals surface area contributed by atoms with E-state index < -0.39 is 17.7 Å². The predicted octanol–water partition coefficient (Wildman–Crippen LogP) is 3.88. The van der Waals surface area contributed by atoms with Crippen LogP contribution in [-0.2, 0) is 19.2 Å². The van der Waals surface area contributed by atoms with Crippen LogP contribution in [-0.4, -0.2) is 53.0 Å². The smallest absolute Gasteiger partial charge is 0.379 e. The standard InChI is InChI=1S/C13H11NO4.C13H10O4/c1-18-14-12(13(16)17)10-4-2-3-8-5-6-9(15)7-11(8)10;1-17-13(16)12(15)10-4-2-3-8-5-6-9(14)7-11(8)10/h2-7,15H,1H3,(H,16,17);2-7,14H,1H3/b14-12+;. The Bertz CT molecular complexity index is 1460. The second kappa shape index (κ2) is 10.8. The fourth-order valence-electron chi connectivity index (χ4n) is 3.42. The number of benzene rings is 4. The summed E-state index contributed by atoms with van der Waals surface area (Å²) in [7, 11) is 2.44. The zero-order chi connectivity index (χ0) is 25.5. The van der Waals surface area contributed by atoms with E-state index >= 15 is 0 Å². The molecule has 9 heteroatoms. The highest BCUT2D eigenvalue weighted by atomic mass is 16.6. The Morgan fingerprint density at radius 1 is 0.743 bits per heavy atom. The molecule has 0 aliphatic heterocycles. The van der Waals surface area contributed by atoms with Crippen molar-refractivity contribution in [2.75, 3.05) is 14.2 Å². The molecule has 0 aliphatic rings. The minimum Gasteiger partial charge on any atom is -0.508 e. The molecule has 4 aromatic rings. The van der Waals surface area contributed by atoms with Gasteiger partial charge in [0.25, 0.3) is 5.78 Å². The monoisotopic (exact) mass is 475 g/mol. The first kappa shape index (κ1) is 24.7. The molecule has 4 aromatic carbocycles. The van der Waals surface area contributed by atoms with E-state index in [1.165, 1.54) is 31.4 Å². The maximum Gasteiger partial charge on any atom is 0.379 e. The molecular formula is C26H21NO8. The van der Waals surface area contributed by atoms with Crippen LogP contribution in [0.2, 0.25) is 0 Å². The molecule has 0 bridgehead atoms. The number of nitrogens with zero attached hydrogens (tertiary/aromatic N) is 1. The summed E-state index contributed by atoms with van der Waals surface area (Å²) in [6, 6.07) is 19.6. The third-order valence-corrected chi connectivity index (χ3v) is 4.99. The number of Topliss-reactive ketones (excluding diaryl/α,β-unsaturated/α-hetero) is 1. The van der Waals surface area contributed by atoms with Crippen molar-refractivity contribution in [3.05, 3.63) is 83.9 Å². The molecule has 0 fully saturated rings. The van der Waals surface area contributed by atoms with E-state index in [9.17, 15) is 24.6 Å². The summed E-state index contributed by atoms with van der Waals surface area (Å²) in [6.45, 7) is 0. The Labute approximate surface area is 199 Å². The van der Waals surface area contributed by atoms with Gasteiger partial charge in [-0.2, -0.15) is 0 Å². The highest BCUT2D eigenvalue weighted by molar-refractivity contribution is 6.44. The van der Waals surface area contributed by atoms with Gasteiger partial charge in [0.1, 0.15) is 18.6 Å². The van der Waals surface area contributed by atoms with E-state index in [1.54, 1.807) is 42.5 Å². The van der Waals surface area contributed by atoms with Crippen LogP contribution in [0.3, 0.4) is 0 Å². The van der Waals surface area contributed by atoms with Crippen molar-refractivity contribution < 1.29 is 39.3 Å². The molecule has 0 atom stereocenters. The number of carbonyl (C=O) groups is 3. The minimum atomic E-state index is -1.19. The van der Waals surface area contributed by atoms with Gasteiger partial charge in [0.05, 0.1) is 7.11 Å². The molecule has 0 aliphatic carbocycles. The molecule has 0 spiro atoms. The highest BCUT2D eigenvalue weighted by Crippen LogP contribution is 2.25.